The maximum Gasteiger partial charge on any atom is 0.222 e. The van der Waals surface area contributed by atoms with Crippen LogP contribution in [0.3, 0.4) is 0 Å². The van der Waals surface area contributed by atoms with E-state index in [0.717, 1.165) is 17.7 Å². The Kier molecular flexibility index (Phi) is 5.55. The monoisotopic (exact) mass is 433 g/mol. The van der Waals surface area contributed by atoms with Gasteiger partial charge in [0.05, 0.1) is 36.4 Å². The molecule has 0 aliphatic carbocycles. The van der Waals surface area contributed by atoms with Gasteiger partial charge < -0.3 is 14.6 Å². The quantitative estimate of drug-likeness (QED) is 0.633. The van der Waals surface area contributed by atoms with Gasteiger partial charge in [-0.3, -0.25) is 4.79 Å². The summed E-state index contributed by atoms with van der Waals surface area (Å²) in [6.07, 6.45) is 5.68. The Morgan fingerprint density at radius 3 is 2.78 bits per heavy atom. The summed E-state index contributed by atoms with van der Waals surface area (Å²) in [5, 5.41) is 11.3. The Labute approximate surface area is 187 Å². The van der Waals surface area contributed by atoms with Crippen molar-refractivity contribution in [1.29, 1.82) is 0 Å². The molecular formula is C26H28FN3O2. The van der Waals surface area contributed by atoms with Crippen LogP contribution in [-0.4, -0.2) is 38.1 Å². The Morgan fingerprint density at radius 1 is 1.22 bits per heavy atom. The SMILES string of the molecule is CCC(=O)N1CCC([C@H](O)C[C@H]2c3ccccc3-c3cncn32)CC1c1ccc(F)cc1. The van der Waals surface area contributed by atoms with Crippen molar-refractivity contribution in [2.45, 2.75) is 50.8 Å². The van der Waals surface area contributed by atoms with E-state index < -0.39 is 6.10 Å². The van der Waals surface area contributed by atoms with Crippen LogP contribution in [-0.2, 0) is 4.79 Å². The number of halogens is 1. The first-order valence-electron chi connectivity index (χ1n) is 11.4. The number of benzene rings is 2. The van der Waals surface area contributed by atoms with Gasteiger partial charge in [0.1, 0.15) is 5.82 Å². The third-order valence-corrected chi connectivity index (χ3v) is 7.13. The van der Waals surface area contributed by atoms with E-state index >= 15 is 0 Å². The number of hydrogen-bond acceptors (Lipinski definition) is 3. The van der Waals surface area contributed by atoms with Crippen LogP contribution in [0.2, 0.25) is 0 Å². The number of imidazole rings is 1. The van der Waals surface area contributed by atoms with Gasteiger partial charge in [-0.15, -0.1) is 0 Å². The summed E-state index contributed by atoms with van der Waals surface area (Å²) in [4.78, 5) is 18.8. The summed E-state index contributed by atoms with van der Waals surface area (Å²) in [6, 6.07) is 14.6. The van der Waals surface area contributed by atoms with Crippen LogP contribution in [0.5, 0.6) is 0 Å². The minimum absolute atomic E-state index is 0.0540. The Balaban J connectivity index is 1.37. The van der Waals surface area contributed by atoms with Crippen molar-refractivity contribution in [2.24, 2.45) is 5.92 Å². The molecule has 2 unspecified atom stereocenters. The number of carbonyl (C=O) groups excluding carboxylic acids is 1. The molecule has 3 heterocycles. The molecule has 0 bridgehead atoms. The summed E-state index contributed by atoms with van der Waals surface area (Å²) >= 11 is 0. The summed E-state index contributed by atoms with van der Waals surface area (Å²) in [7, 11) is 0. The zero-order chi connectivity index (χ0) is 22.2. The van der Waals surface area contributed by atoms with Crippen molar-refractivity contribution >= 4 is 5.91 Å². The molecule has 6 heteroatoms. The molecule has 32 heavy (non-hydrogen) atoms. The van der Waals surface area contributed by atoms with Crippen molar-refractivity contribution < 1.29 is 14.3 Å². The first kappa shape index (κ1) is 20.9. The predicted molar refractivity (Wildman–Crippen MR) is 120 cm³/mol. The molecule has 5 rings (SSSR count). The molecular weight excluding hydrogens is 405 g/mol. The van der Waals surface area contributed by atoms with Crippen LogP contribution in [0, 0.1) is 11.7 Å². The standard InChI is InChI=1S/C26H28FN3O2/c1-2-26(32)29-12-11-18(13-22(29)17-7-9-19(27)10-8-17)25(31)14-23-20-5-3-4-6-21(20)24-15-28-16-30(23)24/h3-10,15-16,18,22-23,25,31H,2,11-14H2,1H3/t18?,22?,23-,25+/m0/s1. The van der Waals surface area contributed by atoms with E-state index in [0.29, 0.717) is 25.8 Å². The van der Waals surface area contributed by atoms with Crippen LogP contribution in [0.15, 0.2) is 61.1 Å². The Morgan fingerprint density at radius 2 is 2.00 bits per heavy atom. The normalized spacial score (nSPS) is 23.0. The number of aliphatic hydroxyl groups excluding tert-OH is 1. The van der Waals surface area contributed by atoms with E-state index in [1.54, 1.807) is 12.1 Å². The number of amides is 1. The smallest absolute Gasteiger partial charge is 0.222 e. The highest BCUT2D eigenvalue weighted by atomic mass is 19.1. The second-order valence-corrected chi connectivity index (χ2v) is 8.88. The number of piperidine rings is 1. The number of likely N-dealkylation sites (tertiary alicyclic amines) is 1. The second-order valence-electron chi connectivity index (χ2n) is 8.88. The third-order valence-electron chi connectivity index (χ3n) is 7.13. The number of hydrogen-bond donors (Lipinski definition) is 1. The molecule has 1 aromatic heterocycles. The van der Waals surface area contributed by atoms with Crippen molar-refractivity contribution in [3.63, 3.8) is 0 Å². The zero-order valence-corrected chi connectivity index (χ0v) is 18.2. The highest BCUT2D eigenvalue weighted by Crippen LogP contribution is 2.43. The summed E-state index contributed by atoms with van der Waals surface area (Å²) in [5.74, 6) is -0.128. The number of nitrogens with zero attached hydrogens (tertiary/aromatic N) is 3. The largest absolute Gasteiger partial charge is 0.393 e. The lowest BCUT2D eigenvalue weighted by molar-refractivity contribution is -0.136. The molecule has 1 fully saturated rings. The number of aromatic nitrogens is 2. The number of aliphatic hydroxyl groups is 1. The van der Waals surface area contributed by atoms with E-state index in [2.05, 4.69) is 21.7 Å². The average molecular weight is 434 g/mol. The minimum Gasteiger partial charge on any atom is -0.393 e. The summed E-state index contributed by atoms with van der Waals surface area (Å²) < 4.78 is 15.6. The van der Waals surface area contributed by atoms with E-state index in [9.17, 15) is 14.3 Å². The zero-order valence-electron chi connectivity index (χ0n) is 18.2. The fourth-order valence-electron chi connectivity index (χ4n) is 5.44. The molecule has 166 valence electrons. The molecule has 2 aliphatic rings. The highest BCUT2D eigenvalue weighted by Gasteiger charge is 2.37. The van der Waals surface area contributed by atoms with Gasteiger partial charge in [0.2, 0.25) is 5.91 Å². The lowest BCUT2D eigenvalue weighted by Gasteiger charge is -2.41. The van der Waals surface area contributed by atoms with Crippen LogP contribution in [0.4, 0.5) is 4.39 Å². The summed E-state index contributed by atoms with van der Waals surface area (Å²) in [5.41, 5.74) is 4.41. The van der Waals surface area contributed by atoms with E-state index in [4.69, 9.17) is 0 Å². The van der Waals surface area contributed by atoms with Crippen molar-refractivity contribution in [2.75, 3.05) is 6.54 Å². The van der Waals surface area contributed by atoms with Crippen molar-refractivity contribution in [3.8, 4) is 11.3 Å². The molecule has 2 aromatic carbocycles. The van der Waals surface area contributed by atoms with Gasteiger partial charge in [-0.1, -0.05) is 43.3 Å². The number of carbonyl (C=O) groups is 1. The molecule has 1 N–H and O–H groups in total. The highest BCUT2D eigenvalue weighted by molar-refractivity contribution is 5.76. The Hall–Kier alpha value is -2.99. The first-order valence-corrected chi connectivity index (χ1v) is 11.4. The first-order chi connectivity index (χ1) is 15.6. The van der Waals surface area contributed by atoms with Gasteiger partial charge in [-0.2, -0.15) is 0 Å². The van der Waals surface area contributed by atoms with Gasteiger partial charge in [0.15, 0.2) is 0 Å². The minimum atomic E-state index is -0.511. The maximum absolute atomic E-state index is 13.5. The molecule has 5 nitrogen and oxygen atoms in total. The molecule has 1 amide bonds. The van der Waals surface area contributed by atoms with E-state index in [-0.39, 0.29) is 29.7 Å². The van der Waals surface area contributed by atoms with Crippen molar-refractivity contribution in [1.82, 2.24) is 14.5 Å². The summed E-state index contributed by atoms with van der Waals surface area (Å²) in [6.45, 7) is 2.47. The van der Waals surface area contributed by atoms with Crippen LogP contribution in [0.1, 0.15) is 55.8 Å². The molecule has 1 saturated heterocycles. The second kappa shape index (κ2) is 8.51. The number of fused-ring (bicyclic) bond motifs is 3. The predicted octanol–water partition coefficient (Wildman–Crippen LogP) is 4.73. The van der Waals surface area contributed by atoms with Crippen LogP contribution < -0.4 is 0 Å². The molecule has 2 aliphatic heterocycles. The average Bonchev–Trinajstić information content (AvgIpc) is 3.41. The van der Waals surface area contributed by atoms with E-state index in [1.165, 1.54) is 23.3 Å². The van der Waals surface area contributed by atoms with Crippen molar-refractivity contribution in [3.05, 3.63) is 78.0 Å². The topological polar surface area (TPSA) is 58.4 Å². The van der Waals surface area contributed by atoms with Gasteiger partial charge >= 0.3 is 0 Å². The third kappa shape index (κ3) is 3.62. The fraction of sp³-hybridized carbons (Fsp3) is 0.385. The van der Waals surface area contributed by atoms with E-state index in [1.807, 2.05) is 36.5 Å². The van der Waals surface area contributed by atoms with Gasteiger partial charge in [-0.05, 0) is 48.4 Å². The van der Waals surface area contributed by atoms with Crippen LogP contribution >= 0.6 is 0 Å². The fourth-order valence-corrected chi connectivity index (χ4v) is 5.44. The maximum atomic E-state index is 13.5. The molecule has 0 spiro atoms. The van der Waals surface area contributed by atoms with Gasteiger partial charge in [-0.25, -0.2) is 9.37 Å². The Bertz CT molecular complexity index is 1110. The molecule has 3 aromatic rings. The lowest BCUT2D eigenvalue weighted by atomic mass is 9.81. The lowest BCUT2D eigenvalue weighted by Crippen LogP contribution is -2.43. The number of rotatable bonds is 5. The molecule has 0 saturated carbocycles. The van der Waals surface area contributed by atoms with Crippen LogP contribution in [0.25, 0.3) is 11.3 Å². The molecule has 0 radical (unpaired) electrons. The van der Waals surface area contributed by atoms with Gasteiger partial charge in [0, 0.05) is 18.5 Å². The van der Waals surface area contributed by atoms with Gasteiger partial charge in [0.25, 0.3) is 0 Å². The molecule has 4 atom stereocenters.